The number of benzene rings is 2. The van der Waals surface area contributed by atoms with Crippen molar-refractivity contribution in [2.24, 2.45) is 5.92 Å². The average molecular weight is 465 g/mol. The minimum absolute atomic E-state index is 0.189. The van der Waals surface area contributed by atoms with E-state index < -0.39 is 31.4 Å². The second kappa shape index (κ2) is 9.84. The Morgan fingerprint density at radius 2 is 1.85 bits per heavy atom. The SMILES string of the molecule is Cc1c(C(=O)NC(C(=O)OCc2ccc(OC(F)(F)F)cc2)C(C)C)ccc2c1B(O)OC2. The molecule has 1 atom stereocenters. The summed E-state index contributed by atoms with van der Waals surface area (Å²) in [6.45, 7) is 5.24. The van der Waals surface area contributed by atoms with Gasteiger partial charge in [0.25, 0.3) is 5.91 Å². The van der Waals surface area contributed by atoms with E-state index in [1.807, 2.05) is 0 Å². The Morgan fingerprint density at radius 3 is 2.45 bits per heavy atom. The van der Waals surface area contributed by atoms with Gasteiger partial charge in [-0.25, -0.2) is 4.79 Å². The third kappa shape index (κ3) is 6.05. The van der Waals surface area contributed by atoms with Crippen LogP contribution in [-0.4, -0.2) is 36.4 Å². The molecule has 0 aliphatic carbocycles. The van der Waals surface area contributed by atoms with Crippen molar-refractivity contribution in [3.8, 4) is 5.75 Å². The van der Waals surface area contributed by atoms with Gasteiger partial charge in [-0.1, -0.05) is 32.0 Å². The van der Waals surface area contributed by atoms with Crippen molar-refractivity contribution in [2.75, 3.05) is 0 Å². The molecule has 33 heavy (non-hydrogen) atoms. The number of alkyl halides is 3. The summed E-state index contributed by atoms with van der Waals surface area (Å²) in [5, 5.41) is 12.7. The van der Waals surface area contributed by atoms with Crippen LogP contribution in [0.3, 0.4) is 0 Å². The number of carbonyl (C=O) groups excluding carboxylic acids is 2. The Labute approximate surface area is 189 Å². The topological polar surface area (TPSA) is 94.1 Å². The summed E-state index contributed by atoms with van der Waals surface area (Å²) < 4.78 is 51.0. The van der Waals surface area contributed by atoms with Gasteiger partial charge in [0.15, 0.2) is 0 Å². The third-order valence-electron chi connectivity index (χ3n) is 5.24. The zero-order valence-corrected chi connectivity index (χ0v) is 18.2. The molecule has 3 rings (SSSR count). The normalized spacial score (nSPS) is 14.1. The Balaban J connectivity index is 1.64. The molecule has 0 aromatic heterocycles. The molecule has 0 saturated heterocycles. The van der Waals surface area contributed by atoms with E-state index in [1.165, 1.54) is 12.1 Å². The predicted molar refractivity (Wildman–Crippen MR) is 113 cm³/mol. The number of esters is 1. The molecule has 0 saturated carbocycles. The van der Waals surface area contributed by atoms with Gasteiger partial charge in [-0.15, -0.1) is 13.2 Å². The Bertz CT molecular complexity index is 1030. The Morgan fingerprint density at radius 1 is 1.18 bits per heavy atom. The van der Waals surface area contributed by atoms with Gasteiger partial charge < -0.3 is 24.5 Å². The lowest BCUT2D eigenvalue weighted by Crippen LogP contribution is -2.46. The average Bonchev–Trinajstić information content (AvgIpc) is 3.11. The number of rotatable bonds is 7. The van der Waals surface area contributed by atoms with E-state index in [2.05, 4.69) is 10.1 Å². The van der Waals surface area contributed by atoms with Gasteiger partial charge in [0, 0.05) is 5.56 Å². The fraction of sp³-hybridized carbons (Fsp3) is 0.364. The van der Waals surface area contributed by atoms with Crippen molar-refractivity contribution in [1.82, 2.24) is 5.32 Å². The summed E-state index contributed by atoms with van der Waals surface area (Å²) in [4.78, 5) is 25.5. The lowest BCUT2D eigenvalue weighted by molar-refractivity contribution is -0.274. The van der Waals surface area contributed by atoms with Crippen LogP contribution in [0.25, 0.3) is 0 Å². The molecular formula is C22H23BF3NO6. The maximum absolute atomic E-state index is 12.9. The van der Waals surface area contributed by atoms with Crippen molar-refractivity contribution >= 4 is 24.5 Å². The van der Waals surface area contributed by atoms with Gasteiger partial charge in [0.05, 0.1) is 6.61 Å². The van der Waals surface area contributed by atoms with Gasteiger partial charge in [0.2, 0.25) is 0 Å². The van der Waals surface area contributed by atoms with E-state index >= 15 is 0 Å². The fourth-order valence-corrected chi connectivity index (χ4v) is 3.50. The molecule has 0 spiro atoms. The monoisotopic (exact) mass is 465 g/mol. The molecule has 1 unspecified atom stereocenters. The Kier molecular flexibility index (Phi) is 7.33. The number of carbonyl (C=O) groups is 2. The predicted octanol–water partition coefficient (Wildman–Crippen LogP) is 2.61. The second-order valence-corrected chi connectivity index (χ2v) is 7.97. The molecule has 2 N–H and O–H groups in total. The summed E-state index contributed by atoms with van der Waals surface area (Å²) in [5.41, 5.74) is 2.66. The molecule has 0 radical (unpaired) electrons. The molecule has 0 fully saturated rings. The van der Waals surface area contributed by atoms with Crippen molar-refractivity contribution in [3.05, 3.63) is 58.7 Å². The summed E-state index contributed by atoms with van der Waals surface area (Å²) in [7, 11) is -1.11. The number of amides is 1. The smallest absolute Gasteiger partial charge is 0.459 e. The first-order valence-electron chi connectivity index (χ1n) is 10.2. The number of fused-ring (bicyclic) bond motifs is 1. The van der Waals surface area contributed by atoms with Crippen LogP contribution < -0.4 is 15.5 Å². The van der Waals surface area contributed by atoms with Gasteiger partial charge in [-0.05, 0) is 53.2 Å². The minimum Gasteiger partial charge on any atom is -0.459 e. The highest BCUT2D eigenvalue weighted by atomic mass is 19.4. The van der Waals surface area contributed by atoms with E-state index in [4.69, 9.17) is 9.39 Å². The van der Waals surface area contributed by atoms with E-state index in [9.17, 15) is 27.8 Å². The van der Waals surface area contributed by atoms with Crippen LogP contribution in [0.15, 0.2) is 36.4 Å². The zero-order chi connectivity index (χ0) is 24.3. The quantitative estimate of drug-likeness (QED) is 0.483. The third-order valence-corrected chi connectivity index (χ3v) is 5.24. The zero-order valence-electron chi connectivity index (χ0n) is 18.2. The van der Waals surface area contributed by atoms with Gasteiger partial charge in [-0.3, -0.25) is 4.79 Å². The first-order valence-corrected chi connectivity index (χ1v) is 10.2. The molecule has 11 heteroatoms. The molecule has 176 valence electrons. The van der Waals surface area contributed by atoms with Crippen LogP contribution in [-0.2, 0) is 27.4 Å². The van der Waals surface area contributed by atoms with Crippen LogP contribution in [0.5, 0.6) is 5.75 Å². The van der Waals surface area contributed by atoms with Gasteiger partial charge in [0.1, 0.15) is 18.4 Å². The molecule has 7 nitrogen and oxygen atoms in total. The molecule has 1 aliphatic heterocycles. The second-order valence-electron chi connectivity index (χ2n) is 7.97. The van der Waals surface area contributed by atoms with Gasteiger partial charge in [-0.2, -0.15) is 0 Å². The standard InChI is InChI=1S/C22H23BF3NO6/c1-12(2)19(21(29)31-10-14-4-7-16(8-5-14)33-22(24,25)26)27-20(28)17-9-6-15-11-32-23(30)18(15)13(17)3/h4-9,12,19,30H,10-11H2,1-3H3,(H,27,28). The van der Waals surface area contributed by atoms with Crippen molar-refractivity contribution in [3.63, 3.8) is 0 Å². The van der Waals surface area contributed by atoms with E-state index in [0.717, 1.165) is 17.7 Å². The highest BCUT2D eigenvalue weighted by Gasteiger charge is 2.33. The molecule has 2 aromatic rings. The van der Waals surface area contributed by atoms with Crippen LogP contribution in [0.1, 0.15) is 40.9 Å². The highest BCUT2D eigenvalue weighted by Crippen LogP contribution is 2.23. The summed E-state index contributed by atoms with van der Waals surface area (Å²) in [5.74, 6) is -1.87. The number of nitrogens with one attached hydrogen (secondary N) is 1. The molecule has 1 heterocycles. The van der Waals surface area contributed by atoms with Crippen molar-refractivity contribution in [1.29, 1.82) is 0 Å². The molecular weight excluding hydrogens is 442 g/mol. The number of ether oxygens (including phenoxy) is 2. The summed E-state index contributed by atoms with van der Waals surface area (Å²) in [6.07, 6.45) is -4.79. The molecule has 1 amide bonds. The van der Waals surface area contributed by atoms with Crippen molar-refractivity contribution in [2.45, 2.75) is 46.4 Å². The van der Waals surface area contributed by atoms with Crippen LogP contribution >= 0.6 is 0 Å². The highest BCUT2D eigenvalue weighted by molar-refractivity contribution is 6.62. The van der Waals surface area contributed by atoms with E-state index in [0.29, 0.717) is 22.2 Å². The fourth-order valence-electron chi connectivity index (χ4n) is 3.50. The summed E-state index contributed by atoms with van der Waals surface area (Å²) in [6, 6.07) is 7.27. The first kappa shape index (κ1) is 24.6. The van der Waals surface area contributed by atoms with Crippen molar-refractivity contribution < 1.29 is 41.9 Å². The number of hydrogen-bond donors (Lipinski definition) is 2. The van der Waals surface area contributed by atoms with E-state index in [-0.39, 0.29) is 24.9 Å². The Hall–Kier alpha value is -3.05. The largest absolute Gasteiger partial charge is 0.573 e. The number of hydrogen-bond acceptors (Lipinski definition) is 6. The lowest BCUT2D eigenvalue weighted by atomic mass is 9.75. The molecule has 0 bridgehead atoms. The van der Waals surface area contributed by atoms with Crippen LogP contribution in [0.4, 0.5) is 13.2 Å². The number of halogens is 3. The first-order chi connectivity index (χ1) is 15.5. The van der Waals surface area contributed by atoms with Crippen LogP contribution in [0.2, 0.25) is 0 Å². The molecule has 1 aliphatic rings. The van der Waals surface area contributed by atoms with Gasteiger partial charge >= 0.3 is 19.5 Å². The maximum atomic E-state index is 12.9. The minimum atomic E-state index is -4.79. The van der Waals surface area contributed by atoms with Crippen LogP contribution in [0, 0.1) is 12.8 Å². The molecule has 2 aromatic carbocycles. The maximum Gasteiger partial charge on any atom is 0.573 e. The summed E-state index contributed by atoms with van der Waals surface area (Å²) >= 11 is 0. The lowest BCUT2D eigenvalue weighted by Gasteiger charge is -2.22. The van der Waals surface area contributed by atoms with E-state index in [1.54, 1.807) is 32.9 Å².